The molecule has 0 rings (SSSR count). The molecule has 0 saturated heterocycles. The maximum atomic E-state index is 14.4. The average molecular weight is 606 g/mol. The third kappa shape index (κ3) is 4.72. The molecule has 3 nitrogen and oxygen atoms in total. The van der Waals surface area contributed by atoms with Crippen LogP contribution in [-0.4, -0.2) is 65.8 Å². The Balaban J connectivity index is 7.32. The Morgan fingerprint density at radius 2 is 0.784 bits per heavy atom. The van der Waals surface area contributed by atoms with Crippen molar-refractivity contribution < 1.29 is 106 Å². The summed E-state index contributed by atoms with van der Waals surface area (Å²) in [5.74, 6) is -64.4. The predicted octanol–water partition coefficient (Wildman–Crippen LogP) is 6.88. The molecule has 0 saturated carbocycles. The molecule has 37 heavy (non-hydrogen) atoms. The number of alkyl halides is 21. The number of esters is 1. The van der Waals surface area contributed by atoms with Gasteiger partial charge in [0.05, 0.1) is 6.26 Å². The number of hydrogen-bond acceptors (Lipinski definition) is 3. The van der Waals surface area contributed by atoms with E-state index in [-0.39, 0.29) is 0 Å². The summed E-state index contributed by atoms with van der Waals surface area (Å²) in [4.78, 5) is 11.1. The minimum absolute atomic E-state index is 0.848. The topological polar surface area (TPSA) is 35.5 Å². The predicted molar refractivity (Wildman–Crippen MR) is 68.0 cm³/mol. The van der Waals surface area contributed by atoms with Gasteiger partial charge in [0.15, 0.2) is 0 Å². The van der Waals surface area contributed by atoms with Crippen LogP contribution in [0, 0.1) is 0 Å². The second kappa shape index (κ2) is 8.88. The first kappa shape index (κ1) is 34.7. The summed E-state index contributed by atoms with van der Waals surface area (Å²) in [6.45, 7) is 2.08. The van der Waals surface area contributed by atoms with Crippen LogP contribution < -0.4 is 0 Å². The van der Waals surface area contributed by atoms with E-state index in [1.54, 1.807) is 0 Å². The Hall–Kier alpha value is -2.30. The minimum atomic E-state index is -9.00. The largest absolute Gasteiger partial charge is 0.462 e. The number of rotatable bonds is 10. The van der Waals surface area contributed by atoms with Gasteiger partial charge in [-0.2, -0.15) is 92.2 Å². The number of carbonyl (C=O) groups is 1. The Bertz CT molecular complexity index is 868. The molecule has 0 aromatic carbocycles. The van der Waals surface area contributed by atoms with Gasteiger partial charge in [-0.1, -0.05) is 6.58 Å². The quantitative estimate of drug-likeness (QED) is 0.155. The monoisotopic (exact) mass is 606 g/mol. The number of carbonyl (C=O) groups excluding carboxylic acids is 1. The number of halogens is 21. The van der Waals surface area contributed by atoms with Gasteiger partial charge in [-0.25, -0.2) is 4.79 Å². The number of hydrogen-bond donors (Lipinski definition) is 0. The van der Waals surface area contributed by atoms with Crippen LogP contribution in [0.15, 0.2) is 12.8 Å². The molecule has 0 spiro atoms. The molecule has 0 bridgehead atoms. The van der Waals surface area contributed by atoms with Crippen molar-refractivity contribution in [3.8, 4) is 0 Å². The zero-order chi connectivity index (χ0) is 30.7. The van der Waals surface area contributed by atoms with Crippen LogP contribution >= 0.6 is 0 Å². The Labute approximate surface area is 186 Å². The summed E-state index contributed by atoms with van der Waals surface area (Å²) in [6, 6.07) is 0. The summed E-state index contributed by atoms with van der Waals surface area (Å²) >= 11 is 0. The van der Waals surface area contributed by atoms with Gasteiger partial charge >= 0.3 is 65.8 Å². The second-order valence-electron chi connectivity index (χ2n) is 6.23. The van der Waals surface area contributed by atoms with Crippen molar-refractivity contribution in [3.05, 3.63) is 12.8 Å². The maximum Gasteiger partial charge on any atom is 0.462 e. The van der Waals surface area contributed by atoms with Crippen LogP contribution in [-0.2, 0) is 14.3 Å². The van der Waals surface area contributed by atoms with Gasteiger partial charge in [0.25, 0.3) is 0 Å². The second-order valence-corrected chi connectivity index (χ2v) is 6.23. The first-order valence-corrected chi connectivity index (χ1v) is 7.68. The molecule has 0 aliphatic heterocycles. The molecule has 0 aliphatic carbocycles. The summed E-state index contributed by atoms with van der Waals surface area (Å²) in [5, 5.41) is 0. The fraction of sp³-hybridized carbons (Fsp3) is 0.769. The zero-order valence-corrected chi connectivity index (χ0v) is 15.9. The SMILES string of the molecule is C=COC(=O)C(F)(OC(F)(F)C(F)(F)C(F)(F)F)C(F)(F)C(F)(F)C(F)(F)C(F)(F)C(F)(F)C(F)(F)F. The molecule has 1 unspecified atom stereocenters. The van der Waals surface area contributed by atoms with Gasteiger partial charge in [0.2, 0.25) is 0 Å². The van der Waals surface area contributed by atoms with Gasteiger partial charge in [0.1, 0.15) is 0 Å². The van der Waals surface area contributed by atoms with E-state index in [2.05, 4.69) is 11.3 Å². The van der Waals surface area contributed by atoms with E-state index < -0.39 is 72.1 Å². The molecule has 24 heteroatoms. The summed E-state index contributed by atoms with van der Waals surface area (Å²) in [6.07, 6.45) is -24.6. The molecule has 0 N–H and O–H groups in total. The molecule has 1 atom stereocenters. The highest BCUT2D eigenvalue weighted by molar-refractivity contribution is 5.80. The molecule has 0 radical (unpaired) electrons. The van der Waals surface area contributed by atoms with Gasteiger partial charge < -0.3 is 4.74 Å². The smallest absolute Gasteiger partial charge is 0.431 e. The third-order valence-corrected chi connectivity index (χ3v) is 3.78. The summed E-state index contributed by atoms with van der Waals surface area (Å²) in [7, 11) is 0. The normalized spacial score (nSPS) is 17.3. The van der Waals surface area contributed by atoms with Crippen LogP contribution in [0.5, 0.6) is 0 Å². The first-order chi connectivity index (χ1) is 15.7. The lowest BCUT2D eigenvalue weighted by Gasteiger charge is -2.43. The average Bonchev–Trinajstić information content (AvgIpc) is 2.64. The lowest BCUT2D eigenvalue weighted by Crippen LogP contribution is -2.75. The van der Waals surface area contributed by atoms with Crippen LogP contribution in [0.25, 0.3) is 0 Å². The standard InChI is InChI=1S/C13H3F21O3/c1-2-36-3(35)4(14,37-13(33,34)10(25,26)12(30,31)32)5(15,16)6(17,18)7(19,20)8(21,22)9(23,24)11(27,28)29/h2H,1H2. The molecule has 0 amide bonds. The Morgan fingerprint density at radius 1 is 0.486 bits per heavy atom. The summed E-state index contributed by atoms with van der Waals surface area (Å²) < 4.78 is 277. The van der Waals surface area contributed by atoms with Crippen molar-refractivity contribution >= 4 is 5.97 Å². The van der Waals surface area contributed by atoms with Crippen LogP contribution in [0.1, 0.15) is 0 Å². The van der Waals surface area contributed by atoms with E-state index in [4.69, 9.17) is 0 Å². The first-order valence-electron chi connectivity index (χ1n) is 7.68. The van der Waals surface area contributed by atoms with Crippen molar-refractivity contribution in [1.29, 1.82) is 0 Å². The molecule has 0 heterocycles. The fourth-order valence-corrected chi connectivity index (χ4v) is 1.76. The van der Waals surface area contributed by atoms with Crippen LogP contribution in [0.4, 0.5) is 92.2 Å². The lowest BCUT2D eigenvalue weighted by atomic mass is 9.90. The van der Waals surface area contributed by atoms with Crippen molar-refractivity contribution in [2.24, 2.45) is 0 Å². The van der Waals surface area contributed by atoms with Gasteiger partial charge in [-0.05, 0) is 0 Å². The Kier molecular flexibility index (Phi) is 8.33. The number of ether oxygens (including phenoxy) is 2. The van der Waals surface area contributed by atoms with Gasteiger partial charge in [0, 0.05) is 0 Å². The highest BCUT2D eigenvalue weighted by Gasteiger charge is 2.95. The van der Waals surface area contributed by atoms with Crippen molar-refractivity contribution in [2.45, 2.75) is 59.9 Å². The van der Waals surface area contributed by atoms with E-state index in [1.165, 1.54) is 4.74 Å². The van der Waals surface area contributed by atoms with Crippen molar-refractivity contribution in [2.75, 3.05) is 0 Å². The molecule has 220 valence electrons. The molecule has 0 aromatic heterocycles. The van der Waals surface area contributed by atoms with Gasteiger partial charge in [-0.15, -0.1) is 0 Å². The third-order valence-electron chi connectivity index (χ3n) is 3.78. The van der Waals surface area contributed by atoms with Crippen molar-refractivity contribution in [3.63, 3.8) is 0 Å². The van der Waals surface area contributed by atoms with Crippen LogP contribution in [0.2, 0.25) is 0 Å². The van der Waals surface area contributed by atoms with E-state index in [0.29, 0.717) is 0 Å². The lowest BCUT2D eigenvalue weighted by molar-refractivity contribution is -0.492. The zero-order valence-electron chi connectivity index (χ0n) is 15.9. The van der Waals surface area contributed by atoms with Crippen molar-refractivity contribution in [1.82, 2.24) is 0 Å². The summed E-state index contributed by atoms with van der Waals surface area (Å²) in [5.41, 5.74) is 0. The highest BCUT2D eigenvalue weighted by Crippen LogP contribution is 2.63. The van der Waals surface area contributed by atoms with Gasteiger partial charge in [-0.3, -0.25) is 4.74 Å². The van der Waals surface area contributed by atoms with E-state index in [1.807, 2.05) is 0 Å². The molecule has 0 aromatic rings. The van der Waals surface area contributed by atoms with E-state index in [9.17, 15) is 97.0 Å². The minimum Gasteiger partial charge on any atom is -0.431 e. The van der Waals surface area contributed by atoms with E-state index in [0.717, 1.165) is 0 Å². The highest BCUT2D eigenvalue weighted by atomic mass is 19.4. The molecule has 0 fully saturated rings. The molecule has 0 aliphatic rings. The molecular weight excluding hydrogens is 603 g/mol. The maximum absolute atomic E-state index is 14.4. The molecular formula is C13H3F21O3. The fourth-order valence-electron chi connectivity index (χ4n) is 1.76. The van der Waals surface area contributed by atoms with E-state index >= 15 is 0 Å². The Morgan fingerprint density at radius 3 is 1.08 bits per heavy atom. The van der Waals surface area contributed by atoms with Crippen LogP contribution in [0.3, 0.4) is 0 Å².